The standard InChI is InChI=1S/C13H6F6N4S/c14-12(15,16)9-6-7(8-2-1-5-24-8)21-11(22-9)23-10(3-4-20-23)13(17,18)19/h1-6H. The van der Waals surface area contributed by atoms with Crippen molar-refractivity contribution in [1.29, 1.82) is 0 Å². The van der Waals surface area contributed by atoms with Crippen molar-refractivity contribution in [2.45, 2.75) is 12.4 Å². The Balaban J connectivity index is 2.22. The Kier molecular flexibility index (Phi) is 3.82. The molecule has 126 valence electrons. The van der Waals surface area contributed by atoms with Gasteiger partial charge in [-0.2, -0.15) is 36.1 Å². The van der Waals surface area contributed by atoms with Crippen molar-refractivity contribution in [3.63, 3.8) is 0 Å². The van der Waals surface area contributed by atoms with E-state index >= 15 is 0 Å². The van der Waals surface area contributed by atoms with Crippen LogP contribution in [0.4, 0.5) is 26.3 Å². The van der Waals surface area contributed by atoms with E-state index in [0.717, 1.165) is 17.5 Å². The van der Waals surface area contributed by atoms with Gasteiger partial charge in [-0.25, -0.2) is 9.97 Å². The first-order valence-corrected chi connectivity index (χ1v) is 7.16. The van der Waals surface area contributed by atoms with E-state index in [2.05, 4.69) is 15.1 Å². The molecule has 0 saturated carbocycles. The second kappa shape index (κ2) is 5.58. The average Bonchev–Trinajstić information content (AvgIpc) is 3.16. The van der Waals surface area contributed by atoms with Gasteiger partial charge < -0.3 is 0 Å². The number of halogens is 6. The molecule has 0 unspecified atom stereocenters. The number of aromatic nitrogens is 4. The molecule has 3 aromatic rings. The van der Waals surface area contributed by atoms with Crippen LogP contribution in [0.2, 0.25) is 0 Å². The highest BCUT2D eigenvalue weighted by atomic mass is 32.1. The molecule has 0 fully saturated rings. The van der Waals surface area contributed by atoms with E-state index in [4.69, 9.17) is 0 Å². The van der Waals surface area contributed by atoms with Crippen LogP contribution < -0.4 is 0 Å². The van der Waals surface area contributed by atoms with E-state index in [1.165, 1.54) is 6.07 Å². The van der Waals surface area contributed by atoms with Crippen LogP contribution in [0.1, 0.15) is 11.4 Å². The zero-order valence-electron chi connectivity index (χ0n) is 11.4. The van der Waals surface area contributed by atoms with Gasteiger partial charge in [0.2, 0.25) is 0 Å². The summed E-state index contributed by atoms with van der Waals surface area (Å²) in [4.78, 5) is 7.37. The van der Waals surface area contributed by atoms with Gasteiger partial charge in [0.25, 0.3) is 5.95 Å². The molecule has 0 saturated heterocycles. The summed E-state index contributed by atoms with van der Waals surface area (Å²) in [6.07, 6.45) is -8.83. The Labute approximate surface area is 134 Å². The third-order valence-corrected chi connectivity index (χ3v) is 3.79. The summed E-state index contributed by atoms with van der Waals surface area (Å²) in [5.41, 5.74) is -2.75. The van der Waals surface area contributed by atoms with Crippen molar-refractivity contribution in [3.8, 4) is 16.5 Å². The minimum Gasteiger partial charge on any atom is -0.210 e. The van der Waals surface area contributed by atoms with Crippen LogP contribution in [-0.4, -0.2) is 19.7 Å². The van der Waals surface area contributed by atoms with Crippen LogP contribution in [0.25, 0.3) is 16.5 Å². The van der Waals surface area contributed by atoms with Gasteiger partial charge in [-0.05, 0) is 23.6 Å². The summed E-state index contributed by atoms with van der Waals surface area (Å²) in [5.74, 6) is -0.800. The Hall–Kier alpha value is -2.43. The summed E-state index contributed by atoms with van der Waals surface area (Å²) in [5, 5.41) is 5.02. The van der Waals surface area contributed by atoms with Crippen LogP contribution in [0, 0.1) is 0 Å². The third kappa shape index (κ3) is 3.11. The molecule has 0 aliphatic carbocycles. The highest BCUT2D eigenvalue weighted by molar-refractivity contribution is 7.13. The van der Waals surface area contributed by atoms with Gasteiger partial charge in [-0.15, -0.1) is 11.3 Å². The molecular weight excluding hydrogens is 358 g/mol. The number of hydrogen-bond acceptors (Lipinski definition) is 4. The summed E-state index contributed by atoms with van der Waals surface area (Å²) in [7, 11) is 0. The molecule has 0 spiro atoms. The van der Waals surface area contributed by atoms with Crippen molar-refractivity contribution in [2.75, 3.05) is 0 Å². The molecule has 0 aliphatic heterocycles. The quantitative estimate of drug-likeness (QED) is 0.632. The average molecular weight is 364 g/mol. The van der Waals surface area contributed by atoms with Gasteiger partial charge in [-0.3, -0.25) is 0 Å². The Morgan fingerprint density at radius 1 is 0.958 bits per heavy atom. The fraction of sp³-hybridized carbons (Fsp3) is 0.154. The van der Waals surface area contributed by atoms with Crippen LogP contribution in [-0.2, 0) is 12.4 Å². The minimum atomic E-state index is -4.84. The second-order valence-corrected chi connectivity index (χ2v) is 5.49. The molecule has 24 heavy (non-hydrogen) atoms. The van der Waals surface area contributed by atoms with E-state index in [0.29, 0.717) is 17.0 Å². The fourth-order valence-electron chi connectivity index (χ4n) is 1.90. The maximum atomic E-state index is 13.0. The van der Waals surface area contributed by atoms with Gasteiger partial charge >= 0.3 is 12.4 Å². The SMILES string of the molecule is FC(F)(F)c1cc(-c2cccs2)nc(-n2nccc2C(F)(F)F)n1. The lowest BCUT2D eigenvalue weighted by Crippen LogP contribution is -2.18. The van der Waals surface area contributed by atoms with Crippen molar-refractivity contribution in [3.05, 3.63) is 47.2 Å². The third-order valence-electron chi connectivity index (χ3n) is 2.90. The molecule has 0 bridgehead atoms. The molecule has 0 amide bonds. The summed E-state index contributed by atoms with van der Waals surface area (Å²) in [6.45, 7) is 0. The predicted octanol–water partition coefficient (Wildman–Crippen LogP) is 4.43. The zero-order chi connectivity index (χ0) is 17.5. The highest BCUT2D eigenvalue weighted by Gasteiger charge is 2.38. The summed E-state index contributed by atoms with van der Waals surface area (Å²) in [6, 6.07) is 4.41. The first-order valence-electron chi connectivity index (χ1n) is 6.28. The lowest BCUT2D eigenvalue weighted by Gasteiger charge is -2.12. The van der Waals surface area contributed by atoms with Crippen LogP contribution in [0.15, 0.2) is 35.8 Å². The van der Waals surface area contributed by atoms with E-state index in [1.54, 1.807) is 11.4 Å². The lowest BCUT2D eigenvalue weighted by atomic mass is 10.2. The molecule has 3 heterocycles. The Bertz CT molecular complexity index is 850. The second-order valence-electron chi connectivity index (χ2n) is 4.54. The van der Waals surface area contributed by atoms with Gasteiger partial charge in [-0.1, -0.05) is 6.07 Å². The Morgan fingerprint density at radius 2 is 1.71 bits per heavy atom. The first-order chi connectivity index (χ1) is 11.2. The highest BCUT2D eigenvalue weighted by Crippen LogP contribution is 2.34. The van der Waals surface area contributed by atoms with Gasteiger partial charge in [0, 0.05) is 0 Å². The van der Waals surface area contributed by atoms with Crippen molar-refractivity contribution in [1.82, 2.24) is 19.7 Å². The molecule has 0 radical (unpaired) electrons. The van der Waals surface area contributed by atoms with Crippen LogP contribution in [0.3, 0.4) is 0 Å². The number of rotatable bonds is 2. The molecule has 0 aliphatic rings. The molecule has 0 atom stereocenters. The molecule has 0 N–H and O–H groups in total. The van der Waals surface area contributed by atoms with Crippen molar-refractivity contribution in [2.24, 2.45) is 0 Å². The molecule has 0 aromatic carbocycles. The van der Waals surface area contributed by atoms with E-state index in [-0.39, 0.29) is 10.4 Å². The van der Waals surface area contributed by atoms with E-state index in [9.17, 15) is 26.3 Å². The maximum Gasteiger partial charge on any atom is 0.433 e. The van der Waals surface area contributed by atoms with Crippen LogP contribution >= 0.6 is 11.3 Å². The smallest absolute Gasteiger partial charge is 0.210 e. The fourth-order valence-corrected chi connectivity index (χ4v) is 2.59. The summed E-state index contributed by atoms with van der Waals surface area (Å²) >= 11 is 1.10. The number of thiophene rings is 1. The molecule has 4 nitrogen and oxygen atoms in total. The normalized spacial score (nSPS) is 12.6. The largest absolute Gasteiger partial charge is 0.433 e. The molecular formula is C13H6F6N4S. The number of alkyl halides is 6. The van der Waals surface area contributed by atoms with E-state index in [1.807, 2.05) is 0 Å². The van der Waals surface area contributed by atoms with Gasteiger partial charge in [0.05, 0.1) is 16.8 Å². The topological polar surface area (TPSA) is 43.6 Å². The van der Waals surface area contributed by atoms with Gasteiger partial charge in [0.15, 0.2) is 11.4 Å². The molecule has 3 rings (SSSR count). The summed E-state index contributed by atoms with van der Waals surface area (Å²) < 4.78 is 78.1. The number of hydrogen-bond donors (Lipinski definition) is 0. The maximum absolute atomic E-state index is 13.0. The van der Waals surface area contributed by atoms with Crippen molar-refractivity contribution >= 4 is 11.3 Å². The van der Waals surface area contributed by atoms with Gasteiger partial charge in [0.1, 0.15) is 0 Å². The van der Waals surface area contributed by atoms with Crippen molar-refractivity contribution < 1.29 is 26.3 Å². The van der Waals surface area contributed by atoms with Crippen LogP contribution in [0.5, 0.6) is 0 Å². The zero-order valence-corrected chi connectivity index (χ0v) is 12.2. The number of nitrogens with zero attached hydrogens (tertiary/aromatic N) is 4. The minimum absolute atomic E-state index is 0.133. The monoisotopic (exact) mass is 364 g/mol. The Morgan fingerprint density at radius 3 is 2.29 bits per heavy atom. The van der Waals surface area contributed by atoms with E-state index < -0.39 is 29.7 Å². The first kappa shape index (κ1) is 16.4. The molecule has 3 aromatic heterocycles. The lowest BCUT2D eigenvalue weighted by molar-refractivity contribution is -0.143. The molecule has 11 heteroatoms. The predicted molar refractivity (Wildman–Crippen MR) is 72.5 cm³/mol.